The predicted octanol–water partition coefficient (Wildman–Crippen LogP) is 6.14. The Morgan fingerprint density at radius 2 is 1.88 bits per heavy atom. The monoisotopic (exact) mass is 640 g/mol. The summed E-state index contributed by atoms with van der Waals surface area (Å²) < 4.78 is 10.4. The fourth-order valence-electron chi connectivity index (χ4n) is 8.39. The van der Waals surface area contributed by atoms with Crippen LogP contribution in [-0.2, 0) is 18.4 Å². The molecule has 9 rings (SSSR count). The third kappa shape index (κ3) is 4.51. The number of methoxy groups -OCH3 is 1. The van der Waals surface area contributed by atoms with Crippen LogP contribution in [0.5, 0.6) is 5.75 Å². The number of fused-ring (bicyclic) bond motifs is 4. The van der Waals surface area contributed by atoms with E-state index in [4.69, 9.17) is 15.5 Å². The number of aryl methyl sites for hydroxylation is 1. The molecule has 0 radical (unpaired) electrons. The Bertz CT molecular complexity index is 2170. The number of nitrogens with two attached hydrogens (primary N) is 1. The van der Waals surface area contributed by atoms with Crippen molar-refractivity contribution in [1.29, 1.82) is 0 Å². The molecule has 2 aliphatic heterocycles. The fraction of sp³-hybridized carbons (Fsp3) is 0.359. The predicted molar refractivity (Wildman–Crippen MR) is 188 cm³/mol. The molecule has 2 bridgehead atoms. The highest BCUT2D eigenvalue weighted by atomic mass is 16.5. The summed E-state index contributed by atoms with van der Waals surface area (Å²) >= 11 is 0. The summed E-state index contributed by atoms with van der Waals surface area (Å²) in [6.07, 6.45) is 5.21. The molecule has 9 heteroatoms. The zero-order chi connectivity index (χ0) is 32.8. The van der Waals surface area contributed by atoms with E-state index in [1.807, 2.05) is 41.1 Å². The Morgan fingerprint density at radius 3 is 2.58 bits per heavy atom. The number of aromatic nitrogens is 3. The molecule has 2 amide bonds. The van der Waals surface area contributed by atoms with Crippen molar-refractivity contribution in [3.8, 4) is 28.4 Å². The van der Waals surface area contributed by atoms with Crippen LogP contribution in [0.2, 0.25) is 0 Å². The normalized spacial score (nSPS) is 22.2. The average molecular weight is 641 g/mol. The third-order valence-electron chi connectivity index (χ3n) is 11.3. The molecule has 3 aromatic carbocycles. The molecule has 4 aliphatic rings. The maximum absolute atomic E-state index is 13.8. The summed E-state index contributed by atoms with van der Waals surface area (Å²) in [7, 11) is 3.68. The van der Waals surface area contributed by atoms with E-state index in [0.717, 1.165) is 76.2 Å². The van der Waals surface area contributed by atoms with Gasteiger partial charge in [-0.25, -0.2) is 4.98 Å². The topological polar surface area (TPSA) is 98.6 Å². The van der Waals surface area contributed by atoms with Crippen molar-refractivity contribution in [2.75, 3.05) is 25.1 Å². The standard InChI is InChI=1S/C39H40N6O3/c1-22-13-14-43(38(22)46)29-6-4-5-24(15-29)25-9-10-26-18-33(44(32(26)17-25)20-23-7-8-23)37-41-30-16-28(19-34(48-3)36(30)42(37)2)39(47)45-21-27-11-12-31(45)35(27)40/h4-6,9-10,15-19,23,27,31,35H,1,7-8,11-14,20-21,40H2,2-3H3/t27-,31-,35-/m1/s1. The molecule has 3 atom stereocenters. The second-order valence-corrected chi connectivity index (χ2v) is 14.2. The second kappa shape index (κ2) is 10.8. The van der Waals surface area contributed by atoms with Crippen molar-refractivity contribution in [3.05, 3.63) is 78.4 Å². The molecule has 48 heavy (non-hydrogen) atoms. The van der Waals surface area contributed by atoms with E-state index >= 15 is 0 Å². The van der Waals surface area contributed by atoms with Crippen molar-refractivity contribution >= 4 is 39.4 Å². The summed E-state index contributed by atoms with van der Waals surface area (Å²) in [5.74, 6) is 2.51. The zero-order valence-corrected chi connectivity index (χ0v) is 27.5. The SMILES string of the molecule is C=C1CCN(c2cccc(-c3ccc4cc(-c5nc6cc(C(=O)N7C[C@H]8CC[C@@H]7[C@@H]8N)cc(OC)c6n5C)n(CC5CC5)c4c3)c2)C1=O. The molecule has 4 fully saturated rings. The van der Waals surface area contributed by atoms with Gasteiger partial charge in [-0.1, -0.05) is 30.8 Å². The first-order valence-electron chi connectivity index (χ1n) is 17.1. The average Bonchev–Trinajstić information content (AvgIpc) is 3.28. The van der Waals surface area contributed by atoms with Crippen LogP contribution in [0.15, 0.2) is 72.8 Å². The molecule has 2 saturated heterocycles. The van der Waals surface area contributed by atoms with Crippen molar-refractivity contribution in [1.82, 2.24) is 19.0 Å². The van der Waals surface area contributed by atoms with Crippen molar-refractivity contribution in [2.45, 2.75) is 50.7 Å². The van der Waals surface area contributed by atoms with E-state index in [1.54, 1.807) is 7.11 Å². The molecule has 5 aromatic rings. The number of hydrogen-bond acceptors (Lipinski definition) is 5. The number of piperidine rings is 1. The lowest BCUT2D eigenvalue weighted by Gasteiger charge is -2.27. The molecule has 2 N–H and O–H groups in total. The summed E-state index contributed by atoms with van der Waals surface area (Å²) in [4.78, 5) is 35.4. The van der Waals surface area contributed by atoms with Crippen LogP contribution in [0, 0.1) is 11.8 Å². The molecule has 0 spiro atoms. The van der Waals surface area contributed by atoms with E-state index in [9.17, 15) is 9.59 Å². The largest absolute Gasteiger partial charge is 0.494 e. The van der Waals surface area contributed by atoms with Crippen LogP contribution in [0.3, 0.4) is 0 Å². The highest BCUT2D eigenvalue weighted by molar-refractivity contribution is 6.08. The van der Waals surface area contributed by atoms with Gasteiger partial charge in [0.1, 0.15) is 11.3 Å². The lowest BCUT2D eigenvalue weighted by atomic mass is 10.0. The van der Waals surface area contributed by atoms with Gasteiger partial charge in [0.2, 0.25) is 0 Å². The number of imidazole rings is 1. The van der Waals surface area contributed by atoms with Crippen LogP contribution < -0.4 is 15.4 Å². The van der Waals surface area contributed by atoms with Crippen LogP contribution >= 0.6 is 0 Å². The van der Waals surface area contributed by atoms with E-state index in [2.05, 4.69) is 52.1 Å². The molecule has 4 heterocycles. The highest BCUT2D eigenvalue weighted by Gasteiger charge is 2.47. The first kappa shape index (κ1) is 29.3. The number of likely N-dealkylation sites (tertiary alicyclic amines) is 1. The molecule has 244 valence electrons. The lowest BCUT2D eigenvalue weighted by Crippen LogP contribution is -2.41. The minimum absolute atomic E-state index is 0.00327. The van der Waals surface area contributed by atoms with Crippen molar-refractivity contribution < 1.29 is 14.3 Å². The van der Waals surface area contributed by atoms with E-state index in [-0.39, 0.29) is 23.9 Å². The molecule has 2 saturated carbocycles. The van der Waals surface area contributed by atoms with Gasteiger partial charge in [-0.15, -0.1) is 0 Å². The maximum atomic E-state index is 13.8. The Kier molecular flexibility index (Phi) is 6.60. The van der Waals surface area contributed by atoms with E-state index in [0.29, 0.717) is 41.7 Å². The van der Waals surface area contributed by atoms with Crippen LogP contribution in [-0.4, -0.2) is 63.1 Å². The molecular formula is C39H40N6O3. The fourth-order valence-corrected chi connectivity index (χ4v) is 8.39. The van der Waals surface area contributed by atoms with Gasteiger partial charge in [-0.3, -0.25) is 9.59 Å². The summed E-state index contributed by atoms with van der Waals surface area (Å²) in [5.41, 5.74) is 14.6. The number of rotatable bonds is 7. The van der Waals surface area contributed by atoms with Gasteiger partial charge in [-0.2, -0.15) is 0 Å². The number of carbonyl (C=O) groups excluding carboxylic acids is 2. The van der Waals surface area contributed by atoms with Gasteiger partial charge in [0.05, 0.1) is 18.3 Å². The number of benzene rings is 3. The molecule has 9 nitrogen and oxygen atoms in total. The minimum Gasteiger partial charge on any atom is -0.494 e. The first-order chi connectivity index (χ1) is 23.3. The van der Waals surface area contributed by atoms with Gasteiger partial charge in [-0.05, 0) is 91.5 Å². The number of anilines is 1. The number of nitrogens with zero attached hydrogens (tertiary/aromatic N) is 5. The van der Waals surface area contributed by atoms with E-state index < -0.39 is 0 Å². The number of ether oxygens (including phenoxy) is 1. The highest BCUT2D eigenvalue weighted by Crippen LogP contribution is 2.41. The van der Waals surface area contributed by atoms with Gasteiger partial charge in [0.25, 0.3) is 11.8 Å². The lowest BCUT2D eigenvalue weighted by molar-refractivity contribution is -0.114. The summed E-state index contributed by atoms with van der Waals surface area (Å²) in [6, 6.07) is 21.0. The van der Waals surface area contributed by atoms with Crippen LogP contribution in [0.25, 0.3) is 44.6 Å². The Labute approximate surface area is 279 Å². The van der Waals surface area contributed by atoms with Crippen LogP contribution in [0.4, 0.5) is 5.69 Å². The quantitative estimate of drug-likeness (QED) is 0.216. The van der Waals surface area contributed by atoms with E-state index in [1.165, 1.54) is 12.8 Å². The van der Waals surface area contributed by atoms with Crippen molar-refractivity contribution in [3.63, 3.8) is 0 Å². The smallest absolute Gasteiger partial charge is 0.254 e. The molecule has 2 aliphatic carbocycles. The Balaban J connectivity index is 1.12. The number of carbonyl (C=O) groups is 2. The second-order valence-electron chi connectivity index (χ2n) is 14.2. The minimum atomic E-state index is 0.00327. The van der Waals surface area contributed by atoms with Gasteiger partial charge >= 0.3 is 0 Å². The summed E-state index contributed by atoms with van der Waals surface area (Å²) in [5, 5.41) is 1.15. The maximum Gasteiger partial charge on any atom is 0.254 e. The number of amides is 2. The van der Waals surface area contributed by atoms with Gasteiger partial charge in [0.15, 0.2) is 5.82 Å². The molecule has 2 aromatic heterocycles. The van der Waals surface area contributed by atoms with Gasteiger partial charge < -0.3 is 29.4 Å². The van der Waals surface area contributed by atoms with Gasteiger partial charge in [0, 0.05) is 66.5 Å². The zero-order valence-electron chi connectivity index (χ0n) is 27.5. The first-order valence-corrected chi connectivity index (χ1v) is 17.1. The molecular weight excluding hydrogens is 600 g/mol. The van der Waals surface area contributed by atoms with Crippen LogP contribution in [0.1, 0.15) is 42.5 Å². The number of hydrogen-bond donors (Lipinski definition) is 1. The van der Waals surface area contributed by atoms with Crippen molar-refractivity contribution in [2.24, 2.45) is 24.6 Å². The Morgan fingerprint density at radius 1 is 1.04 bits per heavy atom. The Hall–Kier alpha value is -4.89. The third-order valence-corrected chi connectivity index (χ3v) is 11.3. The molecule has 0 unspecified atom stereocenters. The summed E-state index contributed by atoms with van der Waals surface area (Å²) in [6.45, 7) is 6.23.